The minimum atomic E-state index is -4.63. The number of hydrogen-bond donors (Lipinski definition) is 1. The first kappa shape index (κ1) is 11.1. The standard InChI is InChI=1S/C8H6F3N3O/c1-15-7-4(3-12)2-5(6(13)14-7)8(9,10)11/h2H,1H3,(H2,13,14). The van der Waals surface area contributed by atoms with E-state index in [1.165, 1.54) is 7.11 Å². The molecule has 0 aliphatic heterocycles. The van der Waals surface area contributed by atoms with Crippen LogP contribution < -0.4 is 10.5 Å². The van der Waals surface area contributed by atoms with Crippen molar-refractivity contribution >= 4 is 5.82 Å². The molecule has 0 saturated heterocycles. The minimum Gasteiger partial charge on any atom is -0.480 e. The fourth-order valence-electron chi connectivity index (χ4n) is 0.973. The topological polar surface area (TPSA) is 71.9 Å². The fourth-order valence-corrected chi connectivity index (χ4v) is 0.973. The Balaban J connectivity index is 3.41. The van der Waals surface area contributed by atoms with E-state index in [1.54, 1.807) is 6.07 Å². The number of ether oxygens (including phenoxy) is 1. The van der Waals surface area contributed by atoms with Crippen molar-refractivity contribution in [2.45, 2.75) is 6.18 Å². The molecule has 0 aliphatic carbocycles. The van der Waals surface area contributed by atoms with E-state index < -0.39 is 17.6 Å². The van der Waals surface area contributed by atoms with Crippen LogP contribution in [0, 0.1) is 11.3 Å². The zero-order valence-corrected chi connectivity index (χ0v) is 7.59. The zero-order chi connectivity index (χ0) is 11.6. The number of nitrogen functional groups attached to an aromatic ring is 1. The second-order valence-electron chi connectivity index (χ2n) is 2.59. The number of methoxy groups -OCH3 is 1. The van der Waals surface area contributed by atoms with Crippen molar-refractivity contribution in [3.05, 3.63) is 17.2 Å². The molecule has 0 saturated carbocycles. The number of aromatic nitrogens is 1. The van der Waals surface area contributed by atoms with Crippen LogP contribution in [0.25, 0.3) is 0 Å². The van der Waals surface area contributed by atoms with E-state index in [-0.39, 0.29) is 11.4 Å². The summed E-state index contributed by atoms with van der Waals surface area (Å²) in [6.45, 7) is 0. The molecule has 4 nitrogen and oxygen atoms in total. The summed E-state index contributed by atoms with van der Waals surface area (Å²) in [4.78, 5) is 3.34. The minimum absolute atomic E-state index is 0.219. The second kappa shape index (κ2) is 3.65. The molecule has 1 aromatic rings. The maximum Gasteiger partial charge on any atom is 0.419 e. The van der Waals surface area contributed by atoms with Crippen LogP contribution in [-0.4, -0.2) is 12.1 Å². The summed E-state index contributed by atoms with van der Waals surface area (Å²) in [6.07, 6.45) is -4.63. The predicted molar refractivity (Wildman–Crippen MR) is 44.9 cm³/mol. The lowest BCUT2D eigenvalue weighted by Gasteiger charge is -2.10. The van der Waals surface area contributed by atoms with Gasteiger partial charge in [-0.15, -0.1) is 0 Å². The van der Waals surface area contributed by atoms with E-state index in [9.17, 15) is 13.2 Å². The Hall–Kier alpha value is -1.97. The molecule has 0 spiro atoms. The predicted octanol–water partition coefficient (Wildman–Crippen LogP) is 1.56. The molecule has 0 fully saturated rings. The van der Waals surface area contributed by atoms with Crippen LogP contribution in [0.5, 0.6) is 5.88 Å². The number of alkyl halides is 3. The SMILES string of the molecule is COc1nc(N)c(C(F)(F)F)cc1C#N. The molecule has 0 amide bonds. The molecule has 7 heteroatoms. The van der Waals surface area contributed by atoms with Crippen LogP contribution in [-0.2, 0) is 6.18 Å². The third kappa shape index (κ3) is 2.10. The van der Waals surface area contributed by atoms with Crippen LogP contribution in [0.3, 0.4) is 0 Å². The van der Waals surface area contributed by atoms with Gasteiger partial charge in [0.05, 0.1) is 12.7 Å². The van der Waals surface area contributed by atoms with Crippen molar-refractivity contribution in [2.75, 3.05) is 12.8 Å². The van der Waals surface area contributed by atoms with Crippen molar-refractivity contribution in [3.8, 4) is 11.9 Å². The average molecular weight is 217 g/mol. The zero-order valence-electron chi connectivity index (χ0n) is 7.59. The lowest BCUT2D eigenvalue weighted by molar-refractivity contribution is -0.137. The highest BCUT2D eigenvalue weighted by atomic mass is 19.4. The van der Waals surface area contributed by atoms with E-state index in [0.717, 1.165) is 0 Å². The van der Waals surface area contributed by atoms with Crippen LogP contribution in [0.1, 0.15) is 11.1 Å². The molecule has 0 aromatic carbocycles. The molecule has 1 heterocycles. The van der Waals surface area contributed by atoms with Gasteiger partial charge in [0.25, 0.3) is 0 Å². The van der Waals surface area contributed by atoms with Crippen molar-refractivity contribution < 1.29 is 17.9 Å². The van der Waals surface area contributed by atoms with E-state index in [2.05, 4.69) is 9.72 Å². The molecule has 1 aromatic heterocycles. The van der Waals surface area contributed by atoms with E-state index >= 15 is 0 Å². The molecule has 0 unspecified atom stereocenters. The Kier molecular flexibility index (Phi) is 2.70. The van der Waals surface area contributed by atoms with Gasteiger partial charge < -0.3 is 10.5 Å². The quantitative estimate of drug-likeness (QED) is 0.774. The Labute approximate surface area is 83.1 Å². The molecule has 0 atom stereocenters. The summed E-state index contributed by atoms with van der Waals surface area (Å²) in [7, 11) is 1.19. The lowest BCUT2D eigenvalue weighted by atomic mass is 10.2. The molecule has 0 radical (unpaired) electrons. The molecule has 80 valence electrons. The number of nitrogens with zero attached hydrogens (tertiary/aromatic N) is 2. The smallest absolute Gasteiger partial charge is 0.419 e. The van der Waals surface area contributed by atoms with Crippen molar-refractivity contribution in [2.24, 2.45) is 0 Å². The number of halogens is 3. The average Bonchev–Trinajstić information content (AvgIpc) is 2.15. The van der Waals surface area contributed by atoms with Gasteiger partial charge >= 0.3 is 6.18 Å². The molecule has 1 rings (SSSR count). The highest BCUT2D eigenvalue weighted by Gasteiger charge is 2.35. The van der Waals surface area contributed by atoms with Gasteiger partial charge in [0.15, 0.2) is 0 Å². The Bertz CT molecular complexity index is 422. The van der Waals surface area contributed by atoms with Crippen molar-refractivity contribution in [1.82, 2.24) is 4.98 Å². The van der Waals surface area contributed by atoms with Gasteiger partial charge in [-0.3, -0.25) is 0 Å². The summed E-state index contributed by atoms with van der Waals surface area (Å²) in [5.41, 5.74) is 3.64. The third-order valence-corrected chi connectivity index (χ3v) is 1.64. The monoisotopic (exact) mass is 217 g/mol. The normalized spacial score (nSPS) is 10.9. The van der Waals surface area contributed by atoms with E-state index in [0.29, 0.717) is 6.07 Å². The first-order valence-corrected chi connectivity index (χ1v) is 3.72. The van der Waals surface area contributed by atoms with Crippen LogP contribution >= 0.6 is 0 Å². The van der Waals surface area contributed by atoms with Crippen molar-refractivity contribution in [1.29, 1.82) is 5.26 Å². The summed E-state index contributed by atoms with van der Waals surface area (Å²) in [6, 6.07) is 2.16. The van der Waals surface area contributed by atoms with Gasteiger partial charge in [-0.05, 0) is 6.07 Å². The van der Waals surface area contributed by atoms with Gasteiger partial charge in [0.1, 0.15) is 17.5 Å². The van der Waals surface area contributed by atoms with Crippen LogP contribution in [0.2, 0.25) is 0 Å². The molecule has 0 bridgehead atoms. The van der Waals surface area contributed by atoms with E-state index in [4.69, 9.17) is 11.0 Å². The molecule has 2 N–H and O–H groups in total. The Morgan fingerprint density at radius 2 is 2.13 bits per heavy atom. The van der Waals surface area contributed by atoms with Crippen molar-refractivity contribution in [3.63, 3.8) is 0 Å². The fraction of sp³-hybridized carbons (Fsp3) is 0.250. The Morgan fingerprint density at radius 1 is 1.53 bits per heavy atom. The molecular weight excluding hydrogens is 211 g/mol. The second-order valence-corrected chi connectivity index (χ2v) is 2.59. The van der Waals surface area contributed by atoms with Gasteiger partial charge in [-0.1, -0.05) is 0 Å². The van der Waals surface area contributed by atoms with Crippen LogP contribution in [0.4, 0.5) is 19.0 Å². The summed E-state index contributed by atoms with van der Waals surface area (Å²) in [5, 5.41) is 8.55. The number of nitriles is 1. The summed E-state index contributed by atoms with van der Waals surface area (Å²) < 4.78 is 41.6. The summed E-state index contributed by atoms with van der Waals surface area (Å²) >= 11 is 0. The number of hydrogen-bond acceptors (Lipinski definition) is 4. The molecule has 0 aliphatic rings. The maximum absolute atomic E-state index is 12.3. The first-order chi connectivity index (χ1) is 6.90. The van der Waals surface area contributed by atoms with Gasteiger partial charge in [-0.25, -0.2) is 0 Å². The maximum atomic E-state index is 12.3. The van der Waals surface area contributed by atoms with Gasteiger partial charge in [0.2, 0.25) is 5.88 Å². The Morgan fingerprint density at radius 3 is 2.53 bits per heavy atom. The number of pyridine rings is 1. The number of rotatable bonds is 1. The number of nitrogens with two attached hydrogens (primary N) is 1. The third-order valence-electron chi connectivity index (χ3n) is 1.64. The largest absolute Gasteiger partial charge is 0.480 e. The summed E-state index contributed by atoms with van der Waals surface area (Å²) in [5.74, 6) is -0.929. The van der Waals surface area contributed by atoms with E-state index in [1.807, 2.05) is 0 Å². The highest BCUT2D eigenvalue weighted by molar-refractivity contribution is 5.51. The lowest BCUT2D eigenvalue weighted by Crippen LogP contribution is -2.11. The molecule has 15 heavy (non-hydrogen) atoms. The van der Waals surface area contributed by atoms with Gasteiger partial charge in [-0.2, -0.15) is 23.4 Å². The highest BCUT2D eigenvalue weighted by Crippen LogP contribution is 2.34. The molecular formula is C8H6F3N3O. The first-order valence-electron chi connectivity index (χ1n) is 3.72. The number of anilines is 1. The van der Waals surface area contributed by atoms with Crippen LogP contribution in [0.15, 0.2) is 6.07 Å². The van der Waals surface area contributed by atoms with Gasteiger partial charge in [0, 0.05) is 0 Å².